The van der Waals surface area contributed by atoms with Crippen LogP contribution in [0.3, 0.4) is 0 Å². The van der Waals surface area contributed by atoms with Gasteiger partial charge < -0.3 is 34.5 Å². The molecule has 2 aliphatic rings. The summed E-state index contributed by atoms with van der Waals surface area (Å²) in [5.74, 6) is 1.93. The maximum atomic E-state index is 13.7. The summed E-state index contributed by atoms with van der Waals surface area (Å²) < 4.78 is 21.9. The number of nitrogens with one attached hydrogen (secondary N) is 2. The van der Waals surface area contributed by atoms with E-state index in [1.165, 1.54) is 0 Å². The number of nitrogens with zero attached hydrogens (tertiary/aromatic N) is 2. The molecule has 1 unspecified atom stereocenters. The molecule has 2 N–H and O–H groups in total. The summed E-state index contributed by atoms with van der Waals surface area (Å²) in [5, 5.41) is 5.81. The largest absolute Gasteiger partial charge is 0.496 e. The van der Waals surface area contributed by atoms with Crippen molar-refractivity contribution in [1.29, 1.82) is 0 Å². The molecule has 240 valence electrons. The quantitative estimate of drug-likeness (QED) is 0.310. The topological polar surface area (TPSA) is 119 Å². The second-order valence-corrected chi connectivity index (χ2v) is 11.3. The normalized spacial score (nSPS) is 18.1. The van der Waals surface area contributed by atoms with Gasteiger partial charge in [-0.1, -0.05) is 37.3 Å². The van der Waals surface area contributed by atoms with E-state index in [0.29, 0.717) is 82.1 Å². The number of hydrogen-bond acceptors (Lipinski definition) is 8. The van der Waals surface area contributed by atoms with Crippen molar-refractivity contribution in [2.75, 3.05) is 47.5 Å². The maximum Gasteiger partial charge on any atom is 0.407 e. The first kappa shape index (κ1) is 32.9. The van der Waals surface area contributed by atoms with E-state index in [2.05, 4.69) is 15.5 Å². The van der Waals surface area contributed by atoms with Gasteiger partial charge in [-0.05, 0) is 44.1 Å². The Balaban J connectivity index is 1.29. The number of piperidine rings is 1. The van der Waals surface area contributed by atoms with Crippen molar-refractivity contribution in [3.63, 3.8) is 0 Å². The second-order valence-electron chi connectivity index (χ2n) is 11.3. The fourth-order valence-electron chi connectivity index (χ4n) is 6.09. The molecule has 11 heteroatoms. The predicted octanol–water partition coefficient (Wildman–Crippen LogP) is 3.88. The van der Waals surface area contributed by atoms with Gasteiger partial charge in [0.15, 0.2) is 0 Å². The first-order chi connectivity index (χ1) is 21.3. The van der Waals surface area contributed by atoms with Gasteiger partial charge in [0.25, 0.3) is 0 Å². The highest BCUT2D eigenvalue weighted by atomic mass is 16.5. The summed E-state index contributed by atoms with van der Waals surface area (Å²) in [6.07, 6.45) is 3.27. The second kappa shape index (κ2) is 15.7. The van der Waals surface area contributed by atoms with Gasteiger partial charge in [0.2, 0.25) is 11.8 Å². The van der Waals surface area contributed by atoms with Crippen LogP contribution in [-0.4, -0.2) is 86.8 Å². The smallest absolute Gasteiger partial charge is 0.407 e. The Morgan fingerprint density at radius 2 is 1.68 bits per heavy atom. The van der Waals surface area contributed by atoms with E-state index in [0.717, 1.165) is 17.5 Å². The molecule has 1 atom stereocenters. The number of hydrogen-bond donors (Lipinski definition) is 2. The molecule has 11 nitrogen and oxygen atoms in total. The van der Waals surface area contributed by atoms with E-state index >= 15 is 0 Å². The lowest BCUT2D eigenvalue weighted by Gasteiger charge is -2.51. The van der Waals surface area contributed by atoms with Gasteiger partial charge in [-0.25, -0.2) is 4.79 Å². The van der Waals surface area contributed by atoms with Crippen LogP contribution < -0.4 is 24.8 Å². The van der Waals surface area contributed by atoms with E-state index in [1.807, 2.05) is 54.3 Å². The molecule has 44 heavy (non-hydrogen) atoms. The number of piperazine rings is 1. The number of carbonyl (C=O) groups is 3. The van der Waals surface area contributed by atoms with Crippen LogP contribution >= 0.6 is 0 Å². The van der Waals surface area contributed by atoms with Gasteiger partial charge in [-0.2, -0.15) is 0 Å². The Labute approximate surface area is 260 Å². The fraction of sp³-hybridized carbons (Fsp3) is 0.545. The highest BCUT2D eigenvalue weighted by Gasteiger charge is 2.53. The van der Waals surface area contributed by atoms with E-state index in [9.17, 15) is 14.4 Å². The van der Waals surface area contributed by atoms with Crippen LogP contribution in [0.1, 0.15) is 56.6 Å². The number of likely N-dealkylation sites (tertiary alicyclic amines) is 1. The Morgan fingerprint density at radius 1 is 1.00 bits per heavy atom. The van der Waals surface area contributed by atoms with E-state index in [1.54, 1.807) is 21.3 Å². The number of methoxy groups -OCH3 is 3. The number of unbranched alkanes of at least 4 members (excludes halogenated alkanes) is 1. The van der Waals surface area contributed by atoms with Gasteiger partial charge in [0, 0.05) is 44.9 Å². The van der Waals surface area contributed by atoms with Gasteiger partial charge in [-0.15, -0.1) is 0 Å². The lowest BCUT2D eigenvalue weighted by atomic mass is 9.81. The number of benzene rings is 2. The molecule has 0 aromatic heterocycles. The molecular formula is C33H46N4O7. The summed E-state index contributed by atoms with van der Waals surface area (Å²) in [7, 11) is 4.85. The average molecular weight is 611 g/mol. The molecule has 0 saturated carbocycles. The molecule has 2 heterocycles. The molecule has 2 aromatic rings. The van der Waals surface area contributed by atoms with Crippen molar-refractivity contribution < 1.29 is 33.3 Å². The molecule has 2 fully saturated rings. The number of alkyl carbamates (subject to hydrolysis) is 1. The van der Waals surface area contributed by atoms with E-state index in [-0.39, 0.29) is 18.4 Å². The van der Waals surface area contributed by atoms with Crippen molar-refractivity contribution >= 4 is 17.9 Å². The Kier molecular flexibility index (Phi) is 11.7. The third-order valence-corrected chi connectivity index (χ3v) is 8.54. The van der Waals surface area contributed by atoms with Gasteiger partial charge in [-0.3, -0.25) is 14.5 Å². The zero-order valence-corrected chi connectivity index (χ0v) is 26.4. The Hall–Kier alpha value is -3.99. The molecule has 0 bridgehead atoms. The van der Waals surface area contributed by atoms with Crippen molar-refractivity contribution in [2.45, 2.75) is 70.2 Å². The predicted molar refractivity (Wildman–Crippen MR) is 166 cm³/mol. The SMILES string of the molecule is CCCN1C(=O)C(CCCCNC(=O)OCc2ccccc2)NC(=O)C12CCN(Cc1c(OC)cc(OC)cc1OC)CC2. The third-order valence-electron chi connectivity index (χ3n) is 8.54. The summed E-state index contributed by atoms with van der Waals surface area (Å²) in [4.78, 5) is 43.5. The minimum absolute atomic E-state index is 0.0198. The van der Waals surface area contributed by atoms with E-state index < -0.39 is 17.7 Å². The highest BCUT2D eigenvalue weighted by molar-refractivity contribution is 6.00. The number of ether oxygens (including phenoxy) is 4. The molecule has 1 spiro atoms. The lowest BCUT2D eigenvalue weighted by molar-refractivity contribution is -0.161. The lowest BCUT2D eigenvalue weighted by Crippen LogP contribution is -2.72. The summed E-state index contributed by atoms with van der Waals surface area (Å²) in [5.41, 5.74) is 0.991. The summed E-state index contributed by atoms with van der Waals surface area (Å²) in [6.45, 7) is 5.11. The van der Waals surface area contributed by atoms with Crippen molar-refractivity contribution in [2.24, 2.45) is 0 Å². The minimum Gasteiger partial charge on any atom is -0.496 e. The van der Waals surface area contributed by atoms with Crippen LogP contribution in [0.15, 0.2) is 42.5 Å². The number of carbonyl (C=O) groups excluding carboxylic acids is 3. The fourth-order valence-corrected chi connectivity index (χ4v) is 6.09. The van der Waals surface area contributed by atoms with Crippen molar-refractivity contribution in [1.82, 2.24) is 20.4 Å². The molecule has 0 radical (unpaired) electrons. The minimum atomic E-state index is -0.849. The molecule has 2 saturated heterocycles. The van der Waals surface area contributed by atoms with Crippen LogP contribution in [0.5, 0.6) is 17.2 Å². The van der Waals surface area contributed by atoms with Crippen LogP contribution in [0.25, 0.3) is 0 Å². The zero-order chi connectivity index (χ0) is 31.5. The van der Waals surface area contributed by atoms with Crippen LogP contribution in [0, 0.1) is 0 Å². The summed E-state index contributed by atoms with van der Waals surface area (Å²) in [6, 6.07) is 12.6. The highest BCUT2D eigenvalue weighted by Crippen LogP contribution is 2.38. The Bertz CT molecular complexity index is 1240. The van der Waals surface area contributed by atoms with Crippen LogP contribution in [0.4, 0.5) is 4.79 Å². The standard InChI is InChI=1S/C33H46N4O7/c1-5-17-37-30(38)27(13-9-10-16-34-32(40)44-23-24-11-7-6-8-12-24)35-31(39)33(37)14-18-36(19-15-33)22-26-28(42-3)20-25(41-2)21-29(26)43-4/h6-8,11-12,20-21,27H,5,9-10,13-19,22-23H2,1-4H3,(H,34,40)(H,35,39). The average Bonchev–Trinajstić information content (AvgIpc) is 3.05. The van der Waals surface area contributed by atoms with Crippen molar-refractivity contribution in [3.8, 4) is 17.2 Å². The molecular weight excluding hydrogens is 564 g/mol. The summed E-state index contributed by atoms with van der Waals surface area (Å²) >= 11 is 0. The first-order valence-electron chi connectivity index (χ1n) is 15.4. The van der Waals surface area contributed by atoms with Gasteiger partial charge in [0.1, 0.15) is 35.4 Å². The van der Waals surface area contributed by atoms with E-state index in [4.69, 9.17) is 18.9 Å². The third kappa shape index (κ3) is 7.74. The van der Waals surface area contributed by atoms with Crippen molar-refractivity contribution in [3.05, 3.63) is 53.6 Å². The molecule has 2 aliphatic heterocycles. The zero-order valence-electron chi connectivity index (χ0n) is 26.4. The molecule has 2 aromatic carbocycles. The van der Waals surface area contributed by atoms with Crippen LogP contribution in [-0.2, 0) is 27.5 Å². The maximum absolute atomic E-state index is 13.7. The molecule has 0 aliphatic carbocycles. The number of amides is 3. The molecule has 4 rings (SSSR count). The van der Waals surface area contributed by atoms with Gasteiger partial charge in [0.05, 0.1) is 26.9 Å². The van der Waals surface area contributed by atoms with Gasteiger partial charge >= 0.3 is 6.09 Å². The molecule has 3 amide bonds. The Morgan fingerprint density at radius 3 is 2.30 bits per heavy atom. The van der Waals surface area contributed by atoms with Crippen LogP contribution in [0.2, 0.25) is 0 Å². The monoisotopic (exact) mass is 610 g/mol. The first-order valence-corrected chi connectivity index (χ1v) is 15.4. The number of rotatable bonds is 14.